The van der Waals surface area contributed by atoms with Crippen LogP contribution in [0.1, 0.15) is 61.3 Å². The summed E-state index contributed by atoms with van der Waals surface area (Å²) in [6, 6.07) is 6.94. The third-order valence-electron chi connectivity index (χ3n) is 8.16. The number of nitrogens with zero attached hydrogens (tertiary/aromatic N) is 4. The first-order valence-electron chi connectivity index (χ1n) is 17.0. The molecule has 284 valence electrons. The lowest BCUT2D eigenvalue weighted by molar-refractivity contribution is -0.170. The Morgan fingerprint density at radius 1 is 1.04 bits per heavy atom. The Kier molecular flexibility index (Phi) is 15.3. The van der Waals surface area contributed by atoms with Gasteiger partial charge in [-0.15, -0.1) is 6.42 Å². The number of para-hydroxylation sites is 1. The van der Waals surface area contributed by atoms with Crippen LogP contribution < -0.4 is 14.9 Å². The molecule has 1 aromatic carbocycles. The maximum absolute atomic E-state index is 14.7. The fraction of sp³-hybridized carbons (Fsp3) is 0.543. The van der Waals surface area contributed by atoms with Gasteiger partial charge in [-0.25, -0.2) is 9.55 Å². The van der Waals surface area contributed by atoms with Crippen molar-refractivity contribution in [2.24, 2.45) is 17.8 Å². The number of hydrogen-bond acceptors (Lipinski definition) is 12. The fourth-order valence-corrected chi connectivity index (χ4v) is 6.16. The van der Waals surface area contributed by atoms with E-state index in [1.165, 1.54) is 37.1 Å². The van der Waals surface area contributed by atoms with Crippen molar-refractivity contribution < 1.29 is 46.6 Å². The number of anilines is 1. The molecule has 3 aromatic rings. The highest BCUT2D eigenvalue weighted by Gasteiger charge is 2.45. The highest BCUT2D eigenvalue weighted by atomic mass is 31.2. The molecule has 3 rings (SSSR count). The number of carbonyl (C=O) groups excluding carboxylic acids is 3. The van der Waals surface area contributed by atoms with Gasteiger partial charge in [0, 0.05) is 13.0 Å². The molecule has 0 aliphatic carbocycles. The molecule has 15 nitrogen and oxygen atoms in total. The number of fused-ring (bicyclic) bond motifs is 1. The van der Waals surface area contributed by atoms with E-state index < -0.39 is 67.9 Å². The molecule has 0 aliphatic heterocycles. The molecule has 0 aliphatic rings. The molecular formula is C35H48FN6O9P. The maximum atomic E-state index is 14.7. The second kappa shape index (κ2) is 18.9. The number of hydrogen-bond donors (Lipinski definition) is 2. The van der Waals surface area contributed by atoms with Gasteiger partial charge in [0.2, 0.25) is 5.91 Å². The Bertz CT molecular complexity index is 1760. The van der Waals surface area contributed by atoms with E-state index in [0.717, 1.165) is 12.8 Å². The summed E-state index contributed by atoms with van der Waals surface area (Å²) in [7, 11) is -3.23. The number of carbonyl (C=O) groups is 3. The molecule has 2 aromatic heterocycles. The number of halogens is 1. The first kappa shape index (κ1) is 42.0. The number of benzene rings is 1. The Morgan fingerprint density at radius 2 is 1.71 bits per heavy atom. The number of terminal acetylenes is 1. The summed E-state index contributed by atoms with van der Waals surface area (Å²) in [5, 5.41) is 5.16. The summed E-state index contributed by atoms with van der Waals surface area (Å²) in [4.78, 5) is 50.2. The molecule has 0 saturated carbocycles. The van der Waals surface area contributed by atoms with E-state index in [4.69, 9.17) is 29.7 Å². The van der Waals surface area contributed by atoms with Gasteiger partial charge < -0.3 is 28.6 Å². The molecule has 17 heteroatoms. The van der Waals surface area contributed by atoms with Crippen molar-refractivity contribution in [3.05, 3.63) is 42.7 Å². The topological polar surface area (TPSA) is 182 Å². The van der Waals surface area contributed by atoms with E-state index in [-0.39, 0.29) is 41.8 Å². The molecule has 1 amide bonds. The number of amides is 1. The Balaban J connectivity index is 2.00. The summed E-state index contributed by atoms with van der Waals surface area (Å²) in [6.07, 6.45) is 6.39. The zero-order valence-electron chi connectivity index (χ0n) is 30.8. The molecule has 0 radical (unpaired) electrons. The van der Waals surface area contributed by atoms with E-state index >= 15 is 0 Å². The van der Waals surface area contributed by atoms with Crippen LogP contribution in [0.15, 0.2) is 36.7 Å². The highest BCUT2D eigenvalue weighted by molar-refractivity contribution is 7.52. The van der Waals surface area contributed by atoms with Crippen molar-refractivity contribution in [2.45, 2.75) is 85.6 Å². The standard InChI is InChI=1S/C35H48FN6O9P/c1-10-25(11-2)19-48-33(45)24(8)41-52(46,51-26-16-14-13-15-17-26)49-20-35(12-3,47-9)27(50-32(44)23(6)7)18-42-21-37-28-29(38-31(43)22(4)5)39-34(36)40-30(28)42/h3,13-17,21-25,27H,10-11,18-20H2,1-2,4-9H3,(H,41,46)(H,38,39,40,43)/t24-,27-,35?,52?/m0/s1. The average molecular weight is 747 g/mol. The molecule has 2 unspecified atom stereocenters. The predicted octanol–water partition coefficient (Wildman–Crippen LogP) is 5.31. The van der Waals surface area contributed by atoms with Gasteiger partial charge in [-0.1, -0.05) is 78.5 Å². The quantitative estimate of drug-likeness (QED) is 0.0658. The van der Waals surface area contributed by atoms with Gasteiger partial charge in [-0.05, 0) is 25.0 Å². The normalized spacial score (nSPS) is 15.1. The molecule has 2 N–H and O–H groups in total. The lowest BCUT2D eigenvalue weighted by Gasteiger charge is -2.36. The van der Waals surface area contributed by atoms with Crippen LogP contribution >= 0.6 is 7.75 Å². The molecule has 0 bridgehead atoms. The van der Waals surface area contributed by atoms with Crippen molar-refractivity contribution in [1.82, 2.24) is 24.6 Å². The largest absolute Gasteiger partial charge is 0.464 e. The molecule has 0 fully saturated rings. The number of nitrogens with one attached hydrogen (secondary N) is 2. The minimum atomic E-state index is -4.47. The Morgan fingerprint density at radius 3 is 2.29 bits per heavy atom. The van der Waals surface area contributed by atoms with E-state index in [9.17, 15) is 23.3 Å². The lowest BCUT2D eigenvalue weighted by atomic mass is 9.97. The molecule has 2 heterocycles. The minimum Gasteiger partial charge on any atom is -0.464 e. The summed E-state index contributed by atoms with van der Waals surface area (Å²) < 4.78 is 59.2. The van der Waals surface area contributed by atoms with Crippen LogP contribution in [0.4, 0.5) is 10.2 Å². The van der Waals surface area contributed by atoms with Gasteiger partial charge in [-0.2, -0.15) is 19.4 Å². The summed E-state index contributed by atoms with van der Waals surface area (Å²) in [5.74, 6) is -0.223. The van der Waals surface area contributed by atoms with E-state index in [0.29, 0.717) is 0 Å². The minimum absolute atomic E-state index is 0.0549. The molecule has 52 heavy (non-hydrogen) atoms. The van der Waals surface area contributed by atoms with Crippen molar-refractivity contribution >= 4 is 42.6 Å². The van der Waals surface area contributed by atoms with Crippen LogP contribution in [-0.2, 0) is 44.2 Å². The Hall–Kier alpha value is -4.42. The van der Waals surface area contributed by atoms with Crippen LogP contribution in [-0.4, -0.2) is 75.4 Å². The third kappa shape index (κ3) is 11.0. The van der Waals surface area contributed by atoms with Crippen LogP contribution in [0.2, 0.25) is 0 Å². The monoisotopic (exact) mass is 746 g/mol. The molecule has 4 atom stereocenters. The van der Waals surface area contributed by atoms with E-state index in [1.54, 1.807) is 45.9 Å². The van der Waals surface area contributed by atoms with Crippen LogP contribution in [0.3, 0.4) is 0 Å². The second-order valence-corrected chi connectivity index (χ2v) is 14.4. The van der Waals surface area contributed by atoms with Gasteiger partial charge >= 0.3 is 25.8 Å². The van der Waals surface area contributed by atoms with Gasteiger partial charge in [0.25, 0.3) is 0 Å². The zero-order valence-corrected chi connectivity index (χ0v) is 31.6. The lowest BCUT2D eigenvalue weighted by Crippen LogP contribution is -2.52. The van der Waals surface area contributed by atoms with Crippen LogP contribution in [0.25, 0.3) is 11.2 Å². The van der Waals surface area contributed by atoms with E-state index in [1.807, 2.05) is 13.8 Å². The number of imidazole rings is 1. The maximum Gasteiger partial charge on any atom is 0.459 e. The number of rotatable bonds is 20. The van der Waals surface area contributed by atoms with Crippen LogP contribution in [0, 0.1) is 36.2 Å². The van der Waals surface area contributed by atoms with Crippen molar-refractivity contribution in [3.63, 3.8) is 0 Å². The summed E-state index contributed by atoms with van der Waals surface area (Å²) in [5.41, 5.74) is -1.96. The first-order valence-corrected chi connectivity index (χ1v) is 18.5. The van der Waals surface area contributed by atoms with Crippen molar-refractivity contribution in [3.8, 4) is 18.1 Å². The Labute approximate surface area is 303 Å². The number of esters is 2. The van der Waals surface area contributed by atoms with Gasteiger partial charge in [0.15, 0.2) is 28.7 Å². The van der Waals surface area contributed by atoms with Gasteiger partial charge in [0.1, 0.15) is 18.4 Å². The fourth-order valence-electron chi connectivity index (χ4n) is 4.64. The van der Waals surface area contributed by atoms with Crippen LogP contribution in [0.5, 0.6) is 5.75 Å². The van der Waals surface area contributed by atoms with E-state index in [2.05, 4.69) is 31.3 Å². The zero-order chi connectivity index (χ0) is 38.6. The van der Waals surface area contributed by atoms with Crippen molar-refractivity contribution in [2.75, 3.05) is 25.6 Å². The average Bonchev–Trinajstić information content (AvgIpc) is 3.51. The van der Waals surface area contributed by atoms with Gasteiger partial charge in [0.05, 0.1) is 25.4 Å². The molecule has 0 spiro atoms. The summed E-state index contributed by atoms with van der Waals surface area (Å²) >= 11 is 0. The number of ether oxygens (including phenoxy) is 3. The van der Waals surface area contributed by atoms with Crippen molar-refractivity contribution in [1.29, 1.82) is 0 Å². The second-order valence-electron chi connectivity index (χ2n) is 12.7. The molecular weight excluding hydrogens is 698 g/mol. The smallest absolute Gasteiger partial charge is 0.459 e. The third-order valence-corrected chi connectivity index (χ3v) is 9.79. The predicted molar refractivity (Wildman–Crippen MR) is 190 cm³/mol. The first-order chi connectivity index (χ1) is 24.6. The summed E-state index contributed by atoms with van der Waals surface area (Å²) in [6.45, 7) is 11.1. The number of aromatic nitrogens is 4. The van der Waals surface area contributed by atoms with Gasteiger partial charge in [-0.3, -0.25) is 18.9 Å². The molecule has 0 saturated heterocycles. The number of methoxy groups -OCH3 is 1. The SMILES string of the molecule is C#CC(COP(=O)(N[C@@H](C)C(=O)OCC(CC)CC)Oc1ccccc1)(OC)[C@H](Cn1cnc2c(NC(=O)C(C)C)nc(F)nc21)OC(=O)C(C)C. The highest BCUT2D eigenvalue weighted by Crippen LogP contribution is 2.46.